The van der Waals surface area contributed by atoms with Crippen LogP contribution in [-0.2, 0) is 13.0 Å². The van der Waals surface area contributed by atoms with Crippen LogP contribution >= 0.6 is 11.8 Å². The zero-order chi connectivity index (χ0) is 18.1. The van der Waals surface area contributed by atoms with Gasteiger partial charge in [-0.1, -0.05) is 43.0 Å². The van der Waals surface area contributed by atoms with Crippen LogP contribution in [0.2, 0.25) is 0 Å². The van der Waals surface area contributed by atoms with Crippen LogP contribution in [0.4, 0.5) is 0 Å². The Morgan fingerprint density at radius 3 is 2.88 bits per heavy atom. The lowest BCUT2D eigenvalue weighted by Gasteiger charge is -2.36. The Bertz CT molecular complexity index is 878. The minimum atomic E-state index is -0.222. The predicted octanol–water partition coefficient (Wildman–Crippen LogP) is 1.70. The molecule has 1 saturated heterocycles. The zero-order valence-corrected chi connectivity index (χ0v) is 15.6. The number of rotatable bonds is 3. The number of nitrogens with zero attached hydrogens (tertiary/aromatic N) is 3. The van der Waals surface area contributed by atoms with Gasteiger partial charge >= 0.3 is 0 Å². The first-order valence-corrected chi connectivity index (χ1v) is 10.0. The van der Waals surface area contributed by atoms with Crippen LogP contribution in [-0.4, -0.2) is 45.7 Å². The fourth-order valence-corrected chi connectivity index (χ4v) is 4.45. The molecule has 1 fully saturated rings. The quantitative estimate of drug-likeness (QED) is 0.833. The average molecular weight is 370 g/mol. The number of carbonyl (C=O) groups is 1. The summed E-state index contributed by atoms with van der Waals surface area (Å²) in [5, 5.41) is 4.07. The second-order valence-electron chi connectivity index (χ2n) is 6.57. The first-order valence-electron chi connectivity index (χ1n) is 9.02. The summed E-state index contributed by atoms with van der Waals surface area (Å²) in [5.74, 6) is 0.612. The second kappa shape index (κ2) is 7.25. The first kappa shape index (κ1) is 17.3. The number of carbonyl (C=O) groups excluding carboxylic acids is 1. The number of fused-ring (bicyclic) bond motifs is 1. The first-order chi connectivity index (χ1) is 12.7. The number of amides is 1. The van der Waals surface area contributed by atoms with Gasteiger partial charge < -0.3 is 10.2 Å². The van der Waals surface area contributed by atoms with Crippen molar-refractivity contribution in [2.75, 3.05) is 25.4 Å². The van der Waals surface area contributed by atoms with E-state index in [1.165, 1.54) is 11.8 Å². The van der Waals surface area contributed by atoms with Gasteiger partial charge in [0, 0.05) is 38.1 Å². The molecule has 2 aromatic rings. The van der Waals surface area contributed by atoms with Gasteiger partial charge in [0.25, 0.3) is 11.5 Å². The van der Waals surface area contributed by atoms with Crippen LogP contribution in [0.25, 0.3) is 0 Å². The van der Waals surface area contributed by atoms with Crippen LogP contribution in [0.3, 0.4) is 0 Å². The number of nitrogens with one attached hydrogen (secondary N) is 1. The van der Waals surface area contributed by atoms with Gasteiger partial charge in [-0.25, -0.2) is 4.98 Å². The van der Waals surface area contributed by atoms with E-state index in [2.05, 4.69) is 41.5 Å². The molecule has 6 nitrogen and oxygen atoms in total. The van der Waals surface area contributed by atoms with Gasteiger partial charge in [-0.2, -0.15) is 0 Å². The molecule has 1 aromatic heterocycles. The Labute approximate surface area is 156 Å². The minimum Gasteiger partial charge on any atom is -0.329 e. The molecule has 7 heteroatoms. The van der Waals surface area contributed by atoms with Gasteiger partial charge in [-0.15, -0.1) is 0 Å². The van der Waals surface area contributed by atoms with E-state index in [1.54, 1.807) is 16.3 Å². The minimum absolute atomic E-state index is 0.0748. The number of aryl methyl sites for hydroxylation is 1. The van der Waals surface area contributed by atoms with E-state index in [9.17, 15) is 9.59 Å². The molecule has 1 N–H and O–H groups in total. The standard InChI is InChI=1S/C19H22N4O2S/c1-2-13-3-5-14(6-4-13)16-12-20-7-8-22(16)17(24)15-11-21-19-23(18(15)25)9-10-26-19/h3-6,11,16,20H,2,7-10,12H2,1H3. The molecule has 26 heavy (non-hydrogen) atoms. The topological polar surface area (TPSA) is 67.2 Å². The van der Waals surface area contributed by atoms with Gasteiger partial charge in [-0.3, -0.25) is 14.2 Å². The summed E-state index contributed by atoms with van der Waals surface area (Å²) >= 11 is 1.56. The number of benzene rings is 1. The van der Waals surface area contributed by atoms with E-state index in [1.807, 2.05) is 4.90 Å². The highest BCUT2D eigenvalue weighted by atomic mass is 32.2. The van der Waals surface area contributed by atoms with Crippen LogP contribution in [0.15, 0.2) is 40.4 Å². The van der Waals surface area contributed by atoms with E-state index in [0.717, 1.165) is 24.3 Å². The summed E-state index contributed by atoms with van der Waals surface area (Å²) in [6.45, 7) is 4.74. The van der Waals surface area contributed by atoms with Crippen LogP contribution < -0.4 is 10.9 Å². The molecule has 0 bridgehead atoms. The normalized spacial score (nSPS) is 19.4. The van der Waals surface area contributed by atoms with Gasteiger partial charge in [-0.05, 0) is 17.5 Å². The van der Waals surface area contributed by atoms with Crippen molar-refractivity contribution in [3.63, 3.8) is 0 Å². The van der Waals surface area contributed by atoms with Crippen molar-refractivity contribution in [3.05, 3.63) is 57.5 Å². The smallest absolute Gasteiger partial charge is 0.267 e. The molecule has 2 aliphatic heterocycles. The molecular weight excluding hydrogens is 348 g/mol. The van der Waals surface area contributed by atoms with Gasteiger partial charge in [0.05, 0.1) is 6.04 Å². The highest BCUT2D eigenvalue weighted by Crippen LogP contribution is 2.25. The second-order valence-corrected chi connectivity index (χ2v) is 7.64. The number of piperazine rings is 1. The van der Waals surface area contributed by atoms with Crippen molar-refractivity contribution in [2.24, 2.45) is 0 Å². The molecule has 0 spiro atoms. The summed E-state index contributed by atoms with van der Waals surface area (Å²) < 4.78 is 1.62. The Kier molecular flexibility index (Phi) is 4.82. The summed E-state index contributed by atoms with van der Waals surface area (Å²) in [6.07, 6.45) is 2.44. The molecule has 2 aliphatic rings. The number of hydrogen-bond donors (Lipinski definition) is 1. The number of thioether (sulfide) groups is 1. The highest BCUT2D eigenvalue weighted by Gasteiger charge is 2.31. The number of hydrogen-bond acceptors (Lipinski definition) is 5. The lowest BCUT2D eigenvalue weighted by Crippen LogP contribution is -2.50. The molecule has 136 valence electrons. The molecule has 1 aromatic carbocycles. The van der Waals surface area contributed by atoms with Crippen LogP contribution in [0.5, 0.6) is 0 Å². The van der Waals surface area contributed by atoms with Crippen LogP contribution in [0.1, 0.15) is 34.5 Å². The Balaban J connectivity index is 1.66. The van der Waals surface area contributed by atoms with E-state index >= 15 is 0 Å². The van der Waals surface area contributed by atoms with Crippen LogP contribution in [0, 0.1) is 0 Å². The number of aromatic nitrogens is 2. The summed E-state index contributed by atoms with van der Waals surface area (Å²) in [7, 11) is 0. The van der Waals surface area contributed by atoms with Crippen molar-refractivity contribution in [1.29, 1.82) is 0 Å². The summed E-state index contributed by atoms with van der Waals surface area (Å²) in [6, 6.07) is 8.31. The van der Waals surface area contributed by atoms with Crippen molar-refractivity contribution < 1.29 is 4.79 Å². The molecule has 4 rings (SSSR count). The lowest BCUT2D eigenvalue weighted by molar-refractivity contribution is 0.0631. The molecule has 0 radical (unpaired) electrons. The fraction of sp³-hybridized carbons (Fsp3) is 0.421. The third-order valence-corrected chi connectivity index (χ3v) is 6.03. The monoisotopic (exact) mass is 370 g/mol. The maximum atomic E-state index is 13.2. The summed E-state index contributed by atoms with van der Waals surface area (Å²) in [5.41, 5.74) is 2.32. The fourth-order valence-electron chi connectivity index (χ4n) is 3.54. The Hall–Kier alpha value is -2.12. The lowest BCUT2D eigenvalue weighted by atomic mass is 10.0. The predicted molar refractivity (Wildman–Crippen MR) is 102 cm³/mol. The third-order valence-electron chi connectivity index (χ3n) is 5.06. The molecular formula is C19H22N4O2S. The molecule has 0 saturated carbocycles. The molecule has 1 unspecified atom stereocenters. The molecule has 0 aliphatic carbocycles. The van der Waals surface area contributed by atoms with E-state index in [4.69, 9.17) is 0 Å². The average Bonchev–Trinajstić information content (AvgIpc) is 3.18. The molecule has 3 heterocycles. The zero-order valence-electron chi connectivity index (χ0n) is 14.8. The van der Waals surface area contributed by atoms with E-state index < -0.39 is 0 Å². The largest absolute Gasteiger partial charge is 0.329 e. The summed E-state index contributed by atoms with van der Waals surface area (Å²) in [4.78, 5) is 32.0. The molecule has 1 amide bonds. The van der Waals surface area contributed by atoms with Crippen molar-refractivity contribution >= 4 is 17.7 Å². The van der Waals surface area contributed by atoms with Crippen molar-refractivity contribution in [3.8, 4) is 0 Å². The van der Waals surface area contributed by atoms with Gasteiger partial charge in [0.1, 0.15) is 5.56 Å². The van der Waals surface area contributed by atoms with E-state index in [-0.39, 0.29) is 23.1 Å². The van der Waals surface area contributed by atoms with Gasteiger partial charge in [0.15, 0.2) is 5.16 Å². The highest BCUT2D eigenvalue weighted by molar-refractivity contribution is 7.99. The van der Waals surface area contributed by atoms with Crippen molar-refractivity contribution in [1.82, 2.24) is 19.8 Å². The van der Waals surface area contributed by atoms with Gasteiger partial charge in [0.2, 0.25) is 0 Å². The molecule has 1 atom stereocenters. The Morgan fingerprint density at radius 1 is 1.31 bits per heavy atom. The van der Waals surface area contributed by atoms with Crippen molar-refractivity contribution in [2.45, 2.75) is 31.1 Å². The Morgan fingerprint density at radius 2 is 2.12 bits per heavy atom. The maximum Gasteiger partial charge on any atom is 0.267 e. The van der Waals surface area contributed by atoms with E-state index in [0.29, 0.717) is 24.8 Å². The third kappa shape index (κ3) is 3.05. The maximum absolute atomic E-state index is 13.2. The SMILES string of the molecule is CCc1ccc(C2CNCCN2C(=O)c2cnc3n(c2=O)CCS3)cc1.